The summed E-state index contributed by atoms with van der Waals surface area (Å²) in [6, 6.07) is 14.2. The predicted molar refractivity (Wildman–Crippen MR) is 122 cm³/mol. The van der Waals surface area contributed by atoms with Crippen molar-refractivity contribution in [2.45, 2.75) is 44.6 Å². The zero-order chi connectivity index (χ0) is 20.6. The van der Waals surface area contributed by atoms with Gasteiger partial charge in [-0.25, -0.2) is 0 Å². The molecule has 2 aromatic carbocycles. The smallest absolute Gasteiger partial charge is 0.241 e. The lowest BCUT2D eigenvalue weighted by Crippen LogP contribution is -2.37. The van der Waals surface area contributed by atoms with Gasteiger partial charge in [0, 0.05) is 11.6 Å². The van der Waals surface area contributed by atoms with Gasteiger partial charge in [-0.1, -0.05) is 49.6 Å². The molecule has 1 saturated carbocycles. The predicted octanol–water partition coefficient (Wildman–Crippen LogP) is 4.14. The second-order valence-corrected chi connectivity index (χ2v) is 7.52. The number of hydrogen-bond donors (Lipinski definition) is 3. The van der Waals surface area contributed by atoms with Crippen molar-refractivity contribution in [2.24, 2.45) is 11.7 Å². The topological polar surface area (TPSA) is 93.4 Å². The van der Waals surface area contributed by atoms with Crippen LogP contribution in [0, 0.1) is 5.92 Å². The number of carbonyl (C=O) groups is 2. The highest BCUT2D eigenvalue weighted by Crippen LogP contribution is 2.30. The van der Waals surface area contributed by atoms with E-state index in [0.29, 0.717) is 23.5 Å². The van der Waals surface area contributed by atoms with Gasteiger partial charge in [0.15, 0.2) is 0 Å². The number of nitrogens with one attached hydrogen (secondary N) is 2. The summed E-state index contributed by atoms with van der Waals surface area (Å²) in [5, 5.41) is 5.80. The minimum atomic E-state index is -0.667. The molecule has 0 aliphatic heterocycles. The van der Waals surface area contributed by atoms with Crippen LogP contribution in [-0.4, -0.2) is 25.0 Å². The van der Waals surface area contributed by atoms with Crippen LogP contribution >= 0.6 is 12.4 Å². The SMILES string of the molecule is COc1ccc(NC(=O)[C@@H](N)Cc2ccccc2)cc1NC(=O)C1CCCCC1.Cl. The molecule has 0 heterocycles. The molecule has 0 saturated heterocycles. The summed E-state index contributed by atoms with van der Waals surface area (Å²) >= 11 is 0. The van der Waals surface area contributed by atoms with Gasteiger partial charge in [0.1, 0.15) is 5.75 Å². The molecule has 2 amide bonds. The Morgan fingerprint density at radius 3 is 2.43 bits per heavy atom. The third-order valence-corrected chi connectivity index (χ3v) is 5.34. The first-order chi connectivity index (χ1) is 14.1. The van der Waals surface area contributed by atoms with Crippen molar-refractivity contribution in [1.82, 2.24) is 0 Å². The molecule has 4 N–H and O–H groups in total. The number of halogens is 1. The number of carbonyl (C=O) groups excluding carboxylic acids is 2. The Bertz CT molecular complexity index is 839. The Morgan fingerprint density at radius 1 is 1.07 bits per heavy atom. The summed E-state index contributed by atoms with van der Waals surface area (Å²) < 4.78 is 5.37. The molecule has 1 fully saturated rings. The van der Waals surface area contributed by atoms with E-state index in [1.807, 2.05) is 30.3 Å². The maximum atomic E-state index is 12.6. The number of anilines is 2. The molecule has 6 nitrogen and oxygen atoms in total. The molecule has 2 aromatic rings. The summed E-state index contributed by atoms with van der Waals surface area (Å²) in [4.78, 5) is 25.1. The van der Waals surface area contributed by atoms with E-state index in [-0.39, 0.29) is 30.1 Å². The van der Waals surface area contributed by atoms with E-state index in [1.54, 1.807) is 25.3 Å². The van der Waals surface area contributed by atoms with Crippen molar-refractivity contribution in [3.05, 3.63) is 54.1 Å². The first-order valence-corrected chi connectivity index (χ1v) is 10.2. The number of ether oxygens (including phenoxy) is 1. The van der Waals surface area contributed by atoms with Crippen LogP contribution in [0.3, 0.4) is 0 Å². The zero-order valence-electron chi connectivity index (χ0n) is 17.2. The van der Waals surface area contributed by atoms with Gasteiger partial charge in [0.2, 0.25) is 11.8 Å². The van der Waals surface area contributed by atoms with Crippen molar-refractivity contribution in [3.8, 4) is 5.75 Å². The normalized spacial score (nSPS) is 14.9. The van der Waals surface area contributed by atoms with E-state index in [9.17, 15) is 9.59 Å². The van der Waals surface area contributed by atoms with Crippen molar-refractivity contribution in [3.63, 3.8) is 0 Å². The summed E-state index contributed by atoms with van der Waals surface area (Å²) in [6.07, 6.45) is 5.65. The first-order valence-electron chi connectivity index (χ1n) is 10.2. The molecule has 0 unspecified atom stereocenters. The third kappa shape index (κ3) is 6.47. The molecule has 7 heteroatoms. The van der Waals surface area contributed by atoms with Gasteiger partial charge in [-0.3, -0.25) is 9.59 Å². The van der Waals surface area contributed by atoms with Crippen molar-refractivity contribution in [2.75, 3.05) is 17.7 Å². The van der Waals surface area contributed by atoms with Crippen molar-refractivity contribution in [1.29, 1.82) is 0 Å². The molecular formula is C23H30ClN3O3. The highest BCUT2D eigenvalue weighted by atomic mass is 35.5. The van der Waals surface area contributed by atoms with E-state index >= 15 is 0 Å². The van der Waals surface area contributed by atoms with Crippen LogP contribution in [0.25, 0.3) is 0 Å². The number of amides is 2. The van der Waals surface area contributed by atoms with Crippen molar-refractivity contribution >= 4 is 35.6 Å². The Kier molecular flexibility index (Phi) is 9.15. The maximum absolute atomic E-state index is 12.6. The van der Waals surface area contributed by atoms with E-state index in [0.717, 1.165) is 31.2 Å². The van der Waals surface area contributed by atoms with Gasteiger partial charge in [-0.15, -0.1) is 12.4 Å². The average molecular weight is 432 g/mol. The number of nitrogens with two attached hydrogens (primary N) is 1. The largest absolute Gasteiger partial charge is 0.495 e. The molecule has 162 valence electrons. The highest BCUT2D eigenvalue weighted by Gasteiger charge is 2.22. The summed E-state index contributed by atoms with van der Waals surface area (Å²) in [6.45, 7) is 0. The van der Waals surface area contributed by atoms with Gasteiger partial charge < -0.3 is 21.1 Å². The van der Waals surface area contributed by atoms with Gasteiger partial charge in [-0.2, -0.15) is 0 Å². The maximum Gasteiger partial charge on any atom is 0.241 e. The minimum absolute atomic E-state index is 0. The molecule has 3 rings (SSSR count). The van der Waals surface area contributed by atoms with Gasteiger partial charge >= 0.3 is 0 Å². The van der Waals surface area contributed by atoms with Crippen LogP contribution in [0.4, 0.5) is 11.4 Å². The fourth-order valence-electron chi connectivity index (χ4n) is 3.68. The second kappa shape index (κ2) is 11.6. The molecule has 1 atom stereocenters. The van der Waals surface area contributed by atoms with Crippen LogP contribution in [0.1, 0.15) is 37.7 Å². The molecule has 0 bridgehead atoms. The number of rotatable bonds is 7. The van der Waals surface area contributed by atoms with Gasteiger partial charge in [-0.05, 0) is 43.0 Å². The fourth-order valence-corrected chi connectivity index (χ4v) is 3.68. The fraction of sp³-hybridized carbons (Fsp3) is 0.391. The molecule has 0 spiro atoms. The number of methoxy groups -OCH3 is 1. The zero-order valence-corrected chi connectivity index (χ0v) is 18.0. The summed E-state index contributed by atoms with van der Waals surface area (Å²) in [5.41, 5.74) is 8.19. The Labute approximate surface area is 184 Å². The summed E-state index contributed by atoms with van der Waals surface area (Å²) in [7, 11) is 1.56. The second-order valence-electron chi connectivity index (χ2n) is 7.52. The average Bonchev–Trinajstić information content (AvgIpc) is 2.75. The molecule has 1 aliphatic rings. The Hall–Kier alpha value is -2.57. The number of benzene rings is 2. The highest BCUT2D eigenvalue weighted by molar-refractivity contribution is 5.98. The monoisotopic (exact) mass is 431 g/mol. The molecular weight excluding hydrogens is 402 g/mol. The lowest BCUT2D eigenvalue weighted by molar-refractivity contribution is -0.120. The minimum Gasteiger partial charge on any atom is -0.495 e. The lowest BCUT2D eigenvalue weighted by Gasteiger charge is -2.21. The van der Waals surface area contributed by atoms with Crippen molar-refractivity contribution < 1.29 is 14.3 Å². The molecule has 0 radical (unpaired) electrons. The van der Waals surface area contributed by atoms with Crippen LogP contribution in [0.15, 0.2) is 48.5 Å². The Balaban J connectivity index is 0.00000320. The first kappa shape index (κ1) is 23.7. The van der Waals surface area contributed by atoms with Gasteiger partial charge in [0.25, 0.3) is 0 Å². The van der Waals surface area contributed by atoms with E-state index in [2.05, 4.69) is 10.6 Å². The molecule has 30 heavy (non-hydrogen) atoms. The molecule has 0 aromatic heterocycles. The van der Waals surface area contributed by atoms with Crippen LogP contribution in [0.5, 0.6) is 5.75 Å². The van der Waals surface area contributed by atoms with Gasteiger partial charge in [0.05, 0.1) is 18.8 Å². The quantitative estimate of drug-likeness (QED) is 0.614. The third-order valence-electron chi connectivity index (χ3n) is 5.34. The standard InChI is InChI=1S/C23H29N3O3.ClH/c1-29-21-13-12-18(15-20(21)26-22(27)17-10-6-3-7-11-17)25-23(28)19(24)14-16-8-4-2-5-9-16;/h2,4-5,8-9,12-13,15,17,19H,3,6-7,10-11,14,24H2,1H3,(H,25,28)(H,26,27);1H/t19-;/m0./s1. The molecule has 1 aliphatic carbocycles. The van der Waals surface area contributed by atoms with Crippen LogP contribution in [0.2, 0.25) is 0 Å². The Morgan fingerprint density at radius 2 is 1.77 bits per heavy atom. The number of hydrogen-bond acceptors (Lipinski definition) is 4. The summed E-state index contributed by atoms with van der Waals surface area (Å²) in [5.74, 6) is 0.322. The van der Waals surface area contributed by atoms with E-state index in [1.165, 1.54) is 6.42 Å². The van der Waals surface area contributed by atoms with E-state index in [4.69, 9.17) is 10.5 Å². The lowest BCUT2D eigenvalue weighted by atomic mass is 9.88. The van der Waals surface area contributed by atoms with Crippen LogP contribution < -0.4 is 21.1 Å². The van der Waals surface area contributed by atoms with Crippen LogP contribution in [-0.2, 0) is 16.0 Å². The van der Waals surface area contributed by atoms with E-state index < -0.39 is 6.04 Å².